The lowest BCUT2D eigenvalue weighted by molar-refractivity contribution is -0.384. The zero-order valence-corrected chi connectivity index (χ0v) is 12.1. The predicted molar refractivity (Wildman–Crippen MR) is 74.1 cm³/mol. The van der Waals surface area contributed by atoms with Gasteiger partial charge in [-0.2, -0.15) is 0 Å². The Kier molecular flexibility index (Phi) is 3.33. The minimum atomic E-state index is -2.56. The molecular formula is C13H12ClF2N3O3. The zero-order valence-electron chi connectivity index (χ0n) is 11.3. The van der Waals surface area contributed by atoms with E-state index >= 15 is 0 Å². The molecule has 118 valence electrons. The second-order valence-electron chi connectivity index (χ2n) is 5.64. The van der Waals surface area contributed by atoms with Crippen LogP contribution in [-0.2, 0) is 11.3 Å². The van der Waals surface area contributed by atoms with Crippen molar-refractivity contribution in [1.29, 1.82) is 0 Å². The molecule has 0 aliphatic carbocycles. The third-order valence-corrected chi connectivity index (χ3v) is 4.45. The summed E-state index contributed by atoms with van der Waals surface area (Å²) in [6, 6.07) is 4.20. The Balaban J connectivity index is 1.80. The standard InChI is InChI=1S/C13H12ClF2N3O3/c14-9-2-1-8(3-10(9)19(21)22)4-18-6-12(15)5-17-11(20)13(12,16)7-18/h1-3H,4-7H2,(H,17,20)/t12-,13-/m1/s1. The second kappa shape index (κ2) is 4.85. The topological polar surface area (TPSA) is 75.5 Å². The maximum absolute atomic E-state index is 14.5. The van der Waals surface area contributed by atoms with Gasteiger partial charge in [0.15, 0.2) is 5.67 Å². The number of alkyl halides is 2. The largest absolute Gasteiger partial charge is 0.350 e. The lowest BCUT2D eigenvalue weighted by Crippen LogP contribution is -2.47. The van der Waals surface area contributed by atoms with Crippen molar-refractivity contribution in [2.45, 2.75) is 17.9 Å². The van der Waals surface area contributed by atoms with Crippen LogP contribution in [0.15, 0.2) is 18.2 Å². The van der Waals surface area contributed by atoms with E-state index in [2.05, 4.69) is 5.32 Å². The van der Waals surface area contributed by atoms with Crippen molar-refractivity contribution in [3.05, 3.63) is 38.9 Å². The first-order valence-corrected chi connectivity index (χ1v) is 6.94. The fourth-order valence-electron chi connectivity index (χ4n) is 2.98. The third-order valence-electron chi connectivity index (χ3n) is 4.13. The minimum absolute atomic E-state index is 0.00431. The SMILES string of the molecule is O=C1NC[C@@]2(F)CN(Cc3ccc(Cl)c([N+](=O)[O-])c3)C[C@@]12F. The molecular weight excluding hydrogens is 320 g/mol. The number of nitro benzene ring substituents is 1. The number of nitro groups is 1. The molecule has 0 saturated carbocycles. The first-order chi connectivity index (χ1) is 10.2. The number of nitrogens with one attached hydrogen (secondary N) is 1. The number of rotatable bonds is 3. The van der Waals surface area contributed by atoms with Crippen LogP contribution in [0.2, 0.25) is 5.02 Å². The highest BCUT2D eigenvalue weighted by molar-refractivity contribution is 6.32. The quantitative estimate of drug-likeness (QED) is 0.674. The van der Waals surface area contributed by atoms with Crippen LogP contribution in [0, 0.1) is 10.1 Å². The van der Waals surface area contributed by atoms with Crippen molar-refractivity contribution in [1.82, 2.24) is 10.2 Å². The summed E-state index contributed by atoms with van der Waals surface area (Å²) in [6.07, 6.45) is 0. The molecule has 22 heavy (non-hydrogen) atoms. The van der Waals surface area contributed by atoms with Gasteiger partial charge in [-0.1, -0.05) is 17.7 Å². The molecule has 6 nitrogen and oxygen atoms in total. The summed E-state index contributed by atoms with van der Waals surface area (Å²) in [4.78, 5) is 23.2. The number of likely N-dealkylation sites (tertiary alicyclic amines) is 1. The highest BCUT2D eigenvalue weighted by atomic mass is 35.5. The molecule has 0 bridgehead atoms. The maximum atomic E-state index is 14.5. The lowest BCUT2D eigenvalue weighted by atomic mass is 9.93. The summed E-state index contributed by atoms with van der Waals surface area (Å²) < 4.78 is 29.1. The second-order valence-corrected chi connectivity index (χ2v) is 6.04. The summed E-state index contributed by atoms with van der Waals surface area (Å²) in [6.45, 7) is -0.896. The average Bonchev–Trinajstić information content (AvgIpc) is 2.81. The fraction of sp³-hybridized carbons (Fsp3) is 0.462. The van der Waals surface area contributed by atoms with Crippen LogP contribution in [0.3, 0.4) is 0 Å². The smallest absolute Gasteiger partial charge is 0.288 e. The molecule has 1 aromatic rings. The van der Waals surface area contributed by atoms with Crippen molar-refractivity contribution < 1.29 is 18.5 Å². The Morgan fingerprint density at radius 3 is 2.77 bits per heavy atom. The number of hydrogen-bond donors (Lipinski definition) is 1. The molecule has 3 rings (SSSR count). The van der Waals surface area contributed by atoms with Crippen molar-refractivity contribution in [2.24, 2.45) is 0 Å². The van der Waals surface area contributed by atoms with Crippen LogP contribution in [0.5, 0.6) is 0 Å². The summed E-state index contributed by atoms with van der Waals surface area (Å²) in [5.74, 6) is -0.945. The average molecular weight is 332 g/mol. The van der Waals surface area contributed by atoms with Gasteiger partial charge in [0.1, 0.15) is 5.02 Å². The summed E-state index contributed by atoms with van der Waals surface area (Å²) in [5.41, 5.74) is -4.58. The normalized spacial score (nSPS) is 31.1. The number of halogens is 3. The van der Waals surface area contributed by atoms with E-state index in [9.17, 15) is 23.7 Å². The van der Waals surface area contributed by atoms with E-state index in [1.165, 1.54) is 17.0 Å². The van der Waals surface area contributed by atoms with Crippen molar-refractivity contribution in [2.75, 3.05) is 19.6 Å². The number of carbonyl (C=O) groups is 1. The van der Waals surface area contributed by atoms with Gasteiger partial charge in [-0.05, 0) is 11.6 Å². The van der Waals surface area contributed by atoms with Gasteiger partial charge in [-0.3, -0.25) is 19.8 Å². The van der Waals surface area contributed by atoms with Gasteiger partial charge in [-0.25, -0.2) is 8.78 Å². The third kappa shape index (κ3) is 2.14. The van der Waals surface area contributed by atoms with Crippen LogP contribution in [0.4, 0.5) is 14.5 Å². The molecule has 1 N–H and O–H groups in total. The fourth-order valence-corrected chi connectivity index (χ4v) is 3.17. The first-order valence-electron chi connectivity index (χ1n) is 6.56. The number of hydrogen-bond acceptors (Lipinski definition) is 4. The van der Waals surface area contributed by atoms with Gasteiger partial charge < -0.3 is 5.32 Å². The molecule has 2 saturated heterocycles. The Bertz CT molecular complexity index is 674. The lowest BCUT2D eigenvalue weighted by Gasteiger charge is -2.19. The molecule has 0 spiro atoms. The molecule has 2 fully saturated rings. The number of benzene rings is 1. The van der Waals surface area contributed by atoms with Crippen molar-refractivity contribution >= 4 is 23.2 Å². The van der Waals surface area contributed by atoms with E-state index in [0.717, 1.165) is 0 Å². The summed E-state index contributed by atoms with van der Waals surface area (Å²) in [7, 11) is 0. The first kappa shape index (κ1) is 15.1. The van der Waals surface area contributed by atoms with Gasteiger partial charge in [-0.15, -0.1) is 0 Å². The molecule has 0 aromatic heterocycles. The minimum Gasteiger partial charge on any atom is -0.350 e. The summed E-state index contributed by atoms with van der Waals surface area (Å²) >= 11 is 5.72. The van der Waals surface area contributed by atoms with E-state index in [-0.39, 0.29) is 36.9 Å². The Morgan fingerprint density at radius 1 is 1.41 bits per heavy atom. The van der Waals surface area contributed by atoms with Gasteiger partial charge in [0.2, 0.25) is 5.67 Å². The van der Waals surface area contributed by atoms with E-state index in [0.29, 0.717) is 5.56 Å². The Morgan fingerprint density at radius 2 is 2.14 bits per heavy atom. The molecule has 1 aromatic carbocycles. The van der Waals surface area contributed by atoms with Gasteiger partial charge in [0, 0.05) is 25.7 Å². The van der Waals surface area contributed by atoms with E-state index < -0.39 is 22.2 Å². The van der Waals surface area contributed by atoms with E-state index in [1.807, 2.05) is 0 Å². The number of carbonyl (C=O) groups excluding carboxylic acids is 1. The van der Waals surface area contributed by atoms with E-state index in [4.69, 9.17) is 11.6 Å². The number of fused-ring (bicyclic) bond motifs is 1. The van der Waals surface area contributed by atoms with Gasteiger partial charge >= 0.3 is 0 Å². The number of amides is 1. The maximum Gasteiger partial charge on any atom is 0.288 e. The zero-order chi connectivity index (χ0) is 16.1. The molecule has 2 atom stereocenters. The monoisotopic (exact) mass is 331 g/mol. The summed E-state index contributed by atoms with van der Waals surface area (Å²) in [5, 5.41) is 13.0. The van der Waals surface area contributed by atoms with Crippen LogP contribution < -0.4 is 5.32 Å². The van der Waals surface area contributed by atoms with Crippen molar-refractivity contribution in [3.8, 4) is 0 Å². The molecule has 2 heterocycles. The van der Waals surface area contributed by atoms with E-state index in [1.54, 1.807) is 6.07 Å². The van der Waals surface area contributed by atoms with Crippen LogP contribution >= 0.6 is 11.6 Å². The van der Waals surface area contributed by atoms with Crippen molar-refractivity contribution in [3.63, 3.8) is 0 Å². The Hall–Kier alpha value is -1.80. The molecule has 0 unspecified atom stereocenters. The van der Waals surface area contributed by atoms with Crippen LogP contribution in [0.25, 0.3) is 0 Å². The molecule has 2 aliphatic rings. The molecule has 1 amide bonds. The number of nitrogens with zero attached hydrogens (tertiary/aromatic N) is 2. The molecule has 0 radical (unpaired) electrons. The van der Waals surface area contributed by atoms with Crippen LogP contribution in [-0.4, -0.2) is 46.7 Å². The van der Waals surface area contributed by atoms with Gasteiger partial charge in [0.05, 0.1) is 11.5 Å². The Labute approximate surface area is 129 Å². The highest BCUT2D eigenvalue weighted by Crippen LogP contribution is 2.42. The molecule has 9 heteroatoms. The molecule has 2 aliphatic heterocycles. The van der Waals surface area contributed by atoms with Crippen LogP contribution in [0.1, 0.15) is 5.56 Å². The highest BCUT2D eigenvalue weighted by Gasteiger charge is 2.68. The predicted octanol–water partition coefficient (Wildman–Crippen LogP) is 1.61. The van der Waals surface area contributed by atoms with Gasteiger partial charge in [0.25, 0.3) is 11.6 Å².